The monoisotopic (exact) mass is 371 g/mol. The summed E-state index contributed by atoms with van der Waals surface area (Å²) in [6.07, 6.45) is 2.17. The standard InChI is InChI=1S/C19H22ClN5O/c1-13-5-4-6-16(11-13)12-24-9-7-17(23-24)21-18(26)8-10-25-15(3)19(20)14(2)22-25/h4-7,9,11H,8,10,12H2,1-3H3,(H,21,23,26). The molecule has 0 aliphatic carbocycles. The molecule has 1 N–H and O–H groups in total. The Kier molecular flexibility index (Phi) is 5.42. The summed E-state index contributed by atoms with van der Waals surface area (Å²) in [5, 5.41) is 12.2. The van der Waals surface area contributed by atoms with Gasteiger partial charge in [-0.25, -0.2) is 0 Å². The maximum absolute atomic E-state index is 12.2. The number of anilines is 1. The van der Waals surface area contributed by atoms with E-state index in [1.807, 2.05) is 30.8 Å². The Bertz CT molecular complexity index is 928. The van der Waals surface area contributed by atoms with Gasteiger partial charge in [0.2, 0.25) is 5.91 Å². The fourth-order valence-corrected chi connectivity index (χ4v) is 2.95. The molecule has 3 aromatic rings. The zero-order valence-corrected chi connectivity index (χ0v) is 15.9. The highest BCUT2D eigenvalue weighted by Gasteiger charge is 2.11. The summed E-state index contributed by atoms with van der Waals surface area (Å²) < 4.78 is 3.57. The molecule has 0 unspecified atom stereocenters. The van der Waals surface area contributed by atoms with Crippen LogP contribution in [0.1, 0.15) is 28.9 Å². The number of rotatable bonds is 6. The van der Waals surface area contributed by atoms with Crippen LogP contribution >= 0.6 is 11.6 Å². The third kappa shape index (κ3) is 4.32. The minimum Gasteiger partial charge on any atom is -0.309 e. The molecule has 0 aliphatic heterocycles. The zero-order valence-electron chi connectivity index (χ0n) is 15.2. The summed E-state index contributed by atoms with van der Waals surface area (Å²) in [6.45, 7) is 6.96. The van der Waals surface area contributed by atoms with E-state index in [1.165, 1.54) is 11.1 Å². The molecule has 0 spiro atoms. The van der Waals surface area contributed by atoms with Gasteiger partial charge in [0.05, 0.1) is 29.5 Å². The number of nitrogens with one attached hydrogen (secondary N) is 1. The number of aromatic nitrogens is 4. The van der Waals surface area contributed by atoms with Crippen LogP contribution in [0.25, 0.3) is 0 Å². The smallest absolute Gasteiger partial charge is 0.227 e. The molecule has 0 fully saturated rings. The molecule has 0 bridgehead atoms. The quantitative estimate of drug-likeness (QED) is 0.717. The third-order valence-electron chi connectivity index (χ3n) is 4.18. The summed E-state index contributed by atoms with van der Waals surface area (Å²) >= 11 is 6.13. The Balaban J connectivity index is 1.55. The van der Waals surface area contributed by atoms with E-state index in [1.54, 1.807) is 10.7 Å². The zero-order chi connectivity index (χ0) is 18.7. The lowest BCUT2D eigenvalue weighted by Gasteiger charge is -2.05. The molecule has 0 radical (unpaired) electrons. The third-order valence-corrected chi connectivity index (χ3v) is 4.73. The van der Waals surface area contributed by atoms with Crippen molar-refractivity contribution < 1.29 is 4.79 Å². The number of halogens is 1. The molecule has 7 heteroatoms. The van der Waals surface area contributed by atoms with Crippen molar-refractivity contribution in [2.75, 3.05) is 5.32 Å². The molecule has 1 aromatic carbocycles. The fraction of sp³-hybridized carbons (Fsp3) is 0.316. The Morgan fingerprint density at radius 2 is 2.00 bits per heavy atom. The first kappa shape index (κ1) is 18.2. The van der Waals surface area contributed by atoms with Gasteiger partial charge in [0.25, 0.3) is 0 Å². The van der Waals surface area contributed by atoms with Crippen LogP contribution < -0.4 is 5.32 Å². The van der Waals surface area contributed by atoms with Gasteiger partial charge in [0.15, 0.2) is 5.82 Å². The number of carbonyl (C=O) groups is 1. The number of aryl methyl sites for hydroxylation is 3. The second-order valence-electron chi connectivity index (χ2n) is 6.39. The number of hydrogen-bond donors (Lipinski definition) is 1. The second kappa shape index (κ2) is 7.74. The van der Waals surface area contributed by atoms with Gasteiger partial charge in [0.1, 0.15) is 0 Å². The number of hydrogen-bond acceptors (Lipinski definition) is 3. The van der Waals surface area contributed by atoms with E-state index >= 15 is 0 Å². The summed E-state index contributed by atoms with van der Waals surface area (Å²) in [5.74, 6) is 0.448. The van der Waals surface area contributed by atoms with Gasteiger partial charge in [-0.3, -0.25) is 14.2 Å². The largest absolute Gasteiger partial charge is 0.309 e. The van der Waals surface area contributed by atoms with Crippen LogP contribution in [-0.2, 0) is 17.9 Å². The summed E-state index contributed by atoms with van der Waals surface area (Å²) in [7, 11) is 0. The molecule has 26 heavy (non-hydrogen) atoms. The average Bonchev–Trinajstić information content (AvgIpc) is 3.12. The lowest BCUT2D eigenvalue weighted by molar-refractivity contribution is -0.116. The van der Waals surface area contributed by atoms with Crippen LogP contribution in [0, 0.1) is 20.8 Å². The molecule has 0 saturated heterocycles. The normalized spacial score (nSPS) is 10.9. The molecule has 0 atom stereocenters. The Labute approximate surface area is 157 Å². The Hall–Kier alpha value is -2.60. The topological polar surface area (TPSA) is 64.7 Å². The highest BCUT2D eigenvalue weighted by atomic mass is 35.5. The van der Waals surface area contributed by atoms with Gasteiger partial charge in [-0.15, -0.1) is 0 Å². The molecule has 2 aromatic heterocycles. The SMILES string of the molecule is Cc1cccc(Cn2ccc(NC(=O)CCn3nc(C)c(Cl)c3C)n2)c1. The highest BCUT2D eigenvalue weighted by molar-refractivity contribution is 6.31. The van der Waals surface area contributed by atoms with Gasteiger partial charge in [-0.1, -0.05) is 41.4 Å². The van der Waals surface area contributed by atoms with Crippen molar-refractivity contribution in [3.63, 3.8) is 0 Å². The van der Waals surface area contributed by atoms with E-state index in [0.717, 1.165) is 11.4 Å². The van der Waals surface area contributed by atoms with E-state index < -0.39 is 0 Å². The molecular weight excluding hydrogens is 350 g/mol. The van der Waals surface area contributed by atoms with Crippen LogP contribution in [0.15, 0.2) is 36.5 Å². The fourth-order valence-electron chi connectivity index (χ4n) is 2.82. The average molecular weight is 372 g/mol. The van der Waals surface area contributed by atoms with Crippen molar-refractivity contribution in [3.8, 4) is 0 Å². The molecule has 2 heterocycles. The van der Waals surface area contributed by atoms with Crippen molar-refractivity contribution in [3.05, 3.63) is 64.1 Å². The van der Waals surface area contributed by atoms with E-state index in [-0.39, 0.29) is 5.91 Å². The summed E-state index contributed by atoms with van der Waals surface area (Å²) in [5.41, 5.74) is 4.04. The Morgan fingerprint density at radius 3 is 2.69 bits per heavy atom. The lowest BCUT2D eigenvalue weighted by Crippen LogP contribution is -2.16. The van der Waals surface area contributed by atoms with Crippen molar-refractivity contribution >= 4 is 23.3 Å². The van der Waals surface area contributed by atoms with Gasteiger partial charge in [-0.05, 0) is 26.3 Å². The maximum Gasteiger partial charge on any atom is 0.227 e. The predicted octanol–water partition coefficient (Wildman–Crippen LogP) is 3.74. The van der Waals surface area contributed by atoms with Crippen LogP contribution in [0.3, 0.4) is 0 Å². The Morgan fingerprint density at radius 1 is 1.19 bits per heavy atom. The molecule has 3 rings (SSSR count). The second-order valence-corrected chi connectivity index (χ2v) is 6.77. The lowest BCUT2D eigenvalue weighted by atomic mass is 10.1. The number of amides is 1. The summed E-state index contributed by atoms with van der Waals surface area (Å²) in [4.78, 5) is 12.2. The minimum atomic E-state index is -0.102. The van der Waals surface area contributed by atoms with Gasteiger partial charge < -0.3 is 5.32 Å². The van der Waals surface area contributed by atoms with Gasteiger partial charge >= 0.3 is 0 Å². The first-order valence-electron chi connectivity index (χ1n) is 8.51. The van der Waals surface area contributed by atoms with Crippen molar-refractivity contribution in [2.24, 2.45) is 0 Å². The van der Waals surface area contributed by atoms with Crippen molar-refractivity contribution in [1.29, 1.82) is 0 Å². The first-order valence-corrected chi connectivity index (χ1v) is 8.88. The number of benzene rings is 1. The van der Waals surface area contributed by atoms with E-state index in [0.29, 0.717) is 30.4 Å². The van der Waals surface area contributed by atoms with Crippen molar-refractivity contribution in [2.45, 2.75) is 40.3 Å². The van der Waals surface area contributed by atoms with Crippen LogP contribution in [0.4, 0.5) is 5.82 Å². The van der Waals surface area contributed by atoms with Crippen LogP contribution in [0.2, 0.25) is 5.02 Å². The molecule has 136 valence electrons. The van der Waals surface area contributed by atoms with Crippen LogP contribution in [-0.4, -0.2) is 25.5 Å². The molecule has 0 saturated carbocycles. The van der Waals surface area contributed by atoms with Gasteiger partial charge in [0, 0.05) is 18.7 Å². The van der Waals surface area contributed by atoms with E-state index in [4.69, 9.17) is 11.6 Å². The minimum absolute atomic E-state index is 0.102. The number of carbonyl (C=O) groups excluding carboxylic acids is 1. The molecule has 0 aliphatic rings. The number of nitrogens with zero attached hydrogens (tertiary/aromatic N) is 4. The summed E-state index contributed by atoms with van der Waals surface area (Å²) in [6, 6.07) is 10.1. The van der Waals surface area contributed by atoms with E-state index in [2.05, 4.69) is 40.6 Å². The first-order chi connectivity index (χ1) is 12.4. The van der Waals surface area contributed by atoms with Crippen LogP contribution in [0.5, 0.6) is 0 Å². The molecule has 6 nitrogen and oxygen atoms in total. The maximum atomic E-state index is 12.2. The molecular formula is C19H22ClN5O. The predicted molar refractivity (Wildman–Crippen MR) is 102 cm³/mol. The van der Waals surface area contributed by atoms with Crippen molar-refractivity contribution in [1.82, 2.24) is 19.6 Å². The molecule has 1 amide bonds. The van der Waals surface area contributed by atoms with E-state index in [9.17, 15) is 4.79 Å². The highest BCUT2D eigenvalue weighted by Crippen LogP contribution is 2.19. The van der Waals surface area contributed by atoms with Gasteiger partial charge in [-0.2, -0.15) is 10.2 Å².